The number of carbonyl (C=O) groups excluding carboxylic acids is 2. The topological polar surface area (TPSA) is 73.9 Å². The van der Waals surface area contributed by atoms with Gasteiger partial charge in [0.1, 0.15) is 24.5 Å². The van der Waals surface area contributed by atoms with Gasteiger partial charge >= 0.3 is 5.97 Å². The monoisotopic (exact) mass is 337 g/mol. The Labute approximate surface area is 138 Å². The molecule has 1 atom stereocenters. The molecule has 124 valence electrons. The number of fused-ring (bicyclic) bond motifs is 1. The molecule has 1 aliphatic carbocycles. The Kier molecular flexibility index (Phi) is 4.56. The van der Waals surface area contributed by atoms with Gasteiger partial charge in [0, 0.05) is 4.88 Å². The zero-order chi connectivity index (χ0) is 16.4. The number of hydrogen-bond donors (Lipinski definition) is 1. The largest absolute Gasteiger partial charge is 0.494 e. The molecular formula is C16H19NO5S. The van der Waals surface area contributed by atoms with E-state index >= 15 is 0 Å². The van der Waals surface area contributed by atoms with E-state index in [9.17, 15) is 9.59 Å². The van der Waals surface area contributed by atoms with Gasteiger partial charge < -0.3 is 19.5 Å². The average molecular weight is 337 g/mol. The first-order valence-electron chi connectivity index (χ1n) is 7.59. The number of amides is 1. The van der Waals surface area contributed by atoms with Crippen LogP contribution in [0.4, 0.5) is 5.00 Å². The molecule has 1 aliphatic heterocycles. The number of esters is 1. The molecule has 7 heteroatoms. The molecule has 0 saturated heterocycles. The lowest BCUT2D eigenvalue weighted by molar-refractivity contribution is -0.117. The zero-order valence-corrected chi connectivity index (χ0v) is 14.0. The van der Waals surface area contributed by atoms with E-state index in [-0.39, 0.29) is 5.76 Å². The third kappa shape index (κ3) is 3.19. The minimum absolute atomic E-state index is 0.117. The molecule has 1 N–H and O–H groups in total. The minimum Gasteiger partial charge on any atom is -0.494 e. The van der Waals surface area contributed by atoms with Crippen LogP contribution in [0, 0.1) is 5.92 Å². The van der Waals surface area contributed by atoms with Crippen molar-refractivity contribution in [3.05, 3.63) is 28.0 Å². The molecule has 23 heavy (non-hydrogen) atoms. The molecule has 3 rings (SSSR count). The number of thiophene rings is 1. The lowest BCUT2D eigenvalue weighted by atomic mass is 9.88. The Hall–Kier alpha value is -2.02. The van der Waals surface area contributed by atoms with Crippen LogP contribution < -0.4 is 5.32 Å². The Morgan fingerprint density at radius 3 is 2.91 bits per heavy atom. The van der Waals surface area contributed by atoms with Crippen LogP contribution in [0.25, 0.3) is 0 Å². The zero-order valence-electron chi connectivity index (χ0n) is 13.1. The van der Waals surface area contributed by atoms with Crippen LogP contribution in [0.1, 0.15) is 34.1 Å². The first-order chi connectivity index (χ1) is 11.1. The Morgan fingerprint density at radius 1 is 1.39 bits per heavy atom. The molecule has 0 bridgehead atoms. The summed E-state index contributed by atoms with van der Waals surface area (Å²) in [5.41, 5.74) is 1.48. The summed E-state index contributed by atoms with van der Waals surface area (Å²) in [4.78, 5) is 25.6. The van der Waals surface area contributed by atoms with E-state index in [1.165, 1.54) is 24.7 Å². The van der Waals surface area contributed by atoms with Crippen LogP contribution in [-0.4, -0.2) is 32.2 Å². The van der Waals surface area contributed by atoms with Crippen LogP contribution >= 0.6 is 11.3 Å². The molecular weight excluding hydrogens is 318 g/mol. The molecule has 1 aromatic heterocycles. The maximum atomic E-state index is 12.3. The van der Waals surface area contributed by atoms with Crippen LogP contribution in [-0.2, 0) is 31.8 Å². The maximum absolute atomic E-state index is 12.3. The molecule has 2 heterocycles. The highest BCUT2D eigenvalue weighted by atomic mass is 32.1. The second kappa shape index (κ2) is 6.62. The Balaban J connectivity index is 1.90. The van der Waals surface area contributed by atoms with Gasteiger partial charge in [-0.2, -0.15) is 0 Å². The summed E-state index contributed by atoms with van der Waals surface area (Å²) in [7, 11) is 1.35. The van der Waals surface area contributed by atoms with Crippen molar-refractivity contribution in [2.24, 2.45) is 5.92 Å². The number of methoxy groups -OCH3 is 1. The molecule has 1 amide bonds. The predicted molar refractivity (Wildman–Crippen MR) is 85.5 cm³/mol. The highest BCUT2D eigenvalue weighted by Gasteiger charge is 2.29. The second-order valence-electron chi connectivity index (χ2n) is 5.70. The van der Waals surface area contributed by atoms with Gasteiger partial charge in [0.15, 0.2) is 0 Å². The van der Waals surface area contributed by atoms with Crippen molar-refractivity contribution < 1.29 is 23.8 Å². The van der Waals surface area contributed by atoms with E-state index in [1.807, 2.05) is 0 Å². The molecule has 0 fully saturated rings. The lowest BCUT2D eigenvalue weighted by Gasteiger charge is -2.18. The third-order valence-electron chi connectivity index (χ3n) is 4.00. The van der Waals surface area contributed by atoms with Gasteiger partial charge in [-0.3, -0.25) is 4.79 Å². The first-order valence-corrected chi connectivity index (χ1v) is 8.40. The van der Waals surface area contributed by atoms with E-state index in [2.05, 4.69) is 12.2 Å². The summed E-state index contributed by atoms with van der Waals surface area (Å²) < 4.78 is 15.3. The van der Waals surface area contributed by atoms with Crippen LogP contribution in [0.3, 0.4) is 0 Å². The van der Waals surface area contributed by atoms with Crippen molar-refractivity contribution >= 4 is 28.2 Å². The summed E-state index contributed by atoms with van der Waals surface area (Å²) in [6.07, 6.45) is 4.08. The Morgan fingerprint density at radius 2 is 2.22 bits per heavy atom. The summed E-state index contributed by atoms with van der Waals surface area (Å²) >= 11 is 1.45. The smallest absolute Gasteiger partial charge is 0.341 e. The highest BCUT2D eigenvalue weighted by molar-refractivity contribution is 7.17. The summed E-state index contributed by atoms with van der Waals surface area (Å²) in [6.45, 7) is 2.95. The second-order valence-corrected chi connectivity index (χ2v) is 6.81. The van der Waals surface area contributed by atoms with Crippen LogP contribution in [0.2, 0.25) is 0 Å². The molecule has 0 aromatic carbocycles. The molecule has 0 saturated carbocycles. The van der Waals surface area contributed by atoms with E-state index in [0.29, 0.717) is 29.7 Å². The van der Waals surface area contributed by atoms with Crippen molar-refractivity contribution in [3.63, 3.8) is 0 Å². The molecule has 0 spiro atoms. The fourth-order valence-electron chi connectivity index (χ4n) is 2.81. The first kappa shape index (κ1) is 15.9. The molecule has 1 unspecified atom stereocenters. The molecule has 0 radical (unpaired) electrons. The molecule has 2 aliphatic rings. The fourth-order valence-corrected chi connectivity index (χ4v) is 4.20. The number of carbonyl (C=O) groups is 2. The van der Waals surface area contributed by atoms with Gasteiger partial charge in [0.05, 0.1) is 12.7 Å². The van der Waals surface area contributed by atoms with Crippen LogP contribution in [0.5, 0.6) is 0 Å². The van der Waals surface area contributed by atoms with Gasteiger partial charge in [0.2, 0.25) is 5.76 Å². The standard InChI is InChI=1S/C16H19NO5S/c1-9-3-4-10-12(7-9)23-15(13(10)16(19)20-2)17-14(18)11-8-21-5-6-22-11/h8-9H,3-7H2,1-2H3,(H,17,18). The van der Waals surface area contributed by atoms with Crippen molar-refractivity contribution in [1.82, 2.24) is 0 Å². The summed E-state index contributed by atoms with van der Waals surface area (Å²) in [5.74, 6) is -0.136. The third-order valence-corrected chi connectivity index (χ3v) is 5.17. The van der Waals surface area contributed by atoms with Gasteiger partial charge in [-0.25, -0.2) is 4.79 Å². The highest BCUT2D eigenvalue weighted by Crippen LogP contribution is 2.40. The maximum Gasteiger partial charge on any atom is 0.341 e. The van der Waals surface area contributed by atoms with E-state index in [4.69, 9.17) is 14.2 Å². The quantitative estimate of drug-likeness (QED) is 0.858. The number of ether oxygens (including phenoxy) is 3. The molecule has 6 nitrogen and oxygen atoms in total. The number of nitrogens with one attached hydrogen (secondary N) is 1. The van der Waals surface area contributed by atoms with E-state index in [0.717, 1.165) is 29.7 Å². The normalized spacial score (nSPS) is 19.7. The molecule has 1 aromatic rings. The van der Waals surface area contributed by atoms with Crippen molar-refractivity contribution in [2.75, 3.05) is 25.6 Å². The van der Waals surface area contributed by atoms with E-state index in [1.54, 1.807) is 0 Å². The summed E-state index contributed by atoms with van der Waals surface area (Å²) in [5, 5.41) is 3.30. The van der Waals surface area contributed by atoms with Crippen molar-refractivity contribution in [3.8, 4) is 0 Å². The number of rotatable bonds is 3. The summed E-state index contributed by atoms with van der Waals surface area (Å²) in [6, 6.07) is 0. The van der Waals surface area contributed by atoms with Gasteiger partial charge in [-0.15, -0.1) is 11.3 Å². The fraction of sp³-hybridized carbons (Fsp3) is 0.500. The average Bonchev–Trinajstić information content (AvgIpc) is 2.91. The minimum atomic E-state index is -0.415. The number of anilines is 1. The van der Waals surface area contributed by atoms with E-state index < -0.39 is 11.9 Å². The SMILES string of the molecule is COC(=O)c1c(NC(=O)C2=COCCO2)sc2c1CCC(C)C2. The van der Waals surface area contributed by atoms with Crippen molar-refractivity contribution in [2.45, 2.75) is 26.2 Å². The van der Waals surface area contributed by atoms with Gasteiger partial charge in [-0.05, 0) is 30.7 Å². The predicted octanol–water partition coefficient (Wildman–Crippen LogP) is 2.49. The number of hydrogen-bond acceptors (Lipinski definition) is 6. The van der Waals surface area contributed by atoms with Crippen LogP contribution in [0.15, 0.2) is 12.0 Å². The lowest BCUT2D eigenvalue weighted by Crippen LogP contribution is -2.22. The van der Waals surface area contributed by atoms with Gasteiger partial charge in [0.25, 0.3) is 5.91 Å². The van der Waals surface area contributed by atoms with Crippen molar-refractivity contribution in [1.29, 1.82) is 0 Å². The van der Waals surface area contributed by atoms with Gasteiger partial charge in [-0.1, -0.05) is 6.92 Å². The Bertz CT molecular complexity index is 664.